The molecule has 0 aromatic heterocycles. The molecule has 1 amide bonds. The first kappa shape index (κ1) is 14.4. The zero-order valence-corrected chi connectivity index (χ0v) is 13.2. The second kappa shape index (κ2) is 5.34. The Balaban J connectivity index is 1.75. The quantitative estimate of drug-likeness (QED) is 0.881. The molecule has 114 valence electrons. The lowest BCUT2D eigenvalue weighted by Crippen LogP contribution is -3.11. The van der Waals surface area contributed by atoms with Crippen molar-refractivity contribution in [3.05, 3.63) is 23.3 Å². The molecule has 4 nitrogen and oxygen atoms in total. The SMILES string of the molecule is Cc1ccc(NC(=O)C[NH+]2CCCC2)c2c1CC(C)(C)O2. The minimum absolute atomic E-state index is 0.0891. The molecule has 0 bridgehead atoms. The smallest absolute Gasteiger partial charge is 0.279 e. The average Bonchev–Trinajstić information content (AvgIpc) is 3.00. The zero-order chi connectivity index (χ0) is 15.0. The second-order valence-electron chi connectivity index (χ2n) is 6.96. The number of fused-ring (bicyclic) bond motifs is 1. The summed E-state index contributed by atoms with van der Waals surface area (Å²) in [5.41, 5.74) is 3.10. The van der Waals surface area contributed by atoms with Crippen LogP contribution in [0.3, 0.4) is 0 Å². The first-order chi connectivity index (χ1) is 9.94. The van der Waals surface area contributed by atoms with Crippen molar-refractivity contribution in [2.45, 2.75) is 45.6 Å². The molecule has 2 heterocycles. The van der Waals surface area contributed by atoms with Gasteiger partial charge in [0.2, 0.25) is 0 Å². The third-order valence-electron chi connectivity index (χ3n) is 4.47. The van der Waals surface area contributed by atoms with E-state index in [1.165, 1.54) is 28.9 Å². The molecular formula is C17H25N2O2+. The summed E-state index contributed by atoms with van der Waals surface area (Å²) in [5.74, 6) is 0.955. The van der Waals surface area contributed by atoms with Crippen LogP contribution < -0.4 is 15.0 Å². The average molecular weight is 289 g/mol. The number of quaternary nitrogens is 1. The van der Waals surface area contributed by atoms with Crippen LogP contribution in [0.15, 0.2) is 12.1 Å². The maximum absolute atomic E-state index is 12.2. The molecule has 1 aromatic carbocycles. The maximum atomic E-state index is 12.2. The number of hydrogen-bond donors (Lipinski definition) is 2. The lowest BCUT2D eigenvalue weighted by atomic mass is 9.98. The highest BCUT2D eigenvalue weighted by atomic mass is 16.5. The highest BCUT2D eigenvalue weighted by Crippen LogP contribution is 2.42. The fraction of sp³-hybridized carbons (Fsp3) is 0.588. The Labute approximate surface area is 126 Å². The summed E-state index contributed by atoms with van der Waals surface area (Å²) < 4.78 is 6.06. The Morgan fingerprint density at radius 3 is 2.76 bits per heavy atom. The van der Waals surface area contributed by atoms with Crippen LogP contribution in [0.5, 0.6) is 5.75 Å². The molecule has 1 aromatic rings. The van der Waals surface area contributed by atoms with Crippen LogP contribution in [0.1, 0.15) is 37.8 Å². The van der Waals surface area contributed by atoms with Crippen LogP contribution in [0.4, 0.5) is 5.69 Å². The van der Waals surface area contributed by atoms with Gasteiger partial charge in [-0.1, -0.05) is 6.07 Å². The van der Waals surface area contributed by atoms with E-state index >= 15 is 0 Å². The molecule has 0 saturated carbocycles. The number of likely N-dealkylation sites (tertiary alicyclic amines) is 1. The Hall–Kier alpha value is -1.55. The second-order valence-corrected chi connectivity index (χ2v) is 6.96. The van der Waals surface area contributed by atoms with Gasteiger partial charge in [0.1, 0.15) is 11.4 Å². The van der Waals surface area contributed by atoms with Crippen LogP contribution in [0, 0.1) is 6.92 Å². The van der Waals surface area contributed by atoms with Crippen molar-refractivity contribution in [3.63, 3.8) is 0 Å². The number of anilines is 1. The fourth-order valence-corrected chi connectivity index (χ4v) is 3.37. The molecular weight excluding hydrogens is 264 g/mol. The van der Waals surface area contributed by atoms with Gasteiger partial charge in [-0.15, -0.1) is 0 Å². The van der Waals surface area contributed by atoms with Crippen molar-refractivity contribution in [2.75, 3.05) is 25.0 Å². The molecule has 4 heteroatoms. The third kappa shape index (κ3) is 3.05. The zero-order valence-electron chi connectivity index (χ0n) is 13.2. The van der Waals surface area contributed by atoms with Gasteiger partial charge in [-0.3, -0.25) is 4.79 Å². The normalized spacial score (nSPS) is 20.1. The van der Waals surface area contributed by atoms with E-state index in [-0.39, 0.29) is 11.5 Å². The highest BCUT2D eigenvalue weighted by Gasteiger charge is 2.33. The summed E-state index contributed by atoms with van der Waals surface area (Å²) in [6, 6.07) is 4.04. The van der Waals surface area contributed by atoms with Gasteiger partial charge in [0.05, 0.1) is 18.8 Å². The van der Waals surface area contributed by atoms with Crippen molar-refractivity contribution in [3.8, 4) is 5.75 Å². The van der Waals surface area contributed by atoms with E-state index in [1.807, 2.05) is 6.07 Å². The number of nitrogens with one attached hydrogen (secondary N) is 2. The largest absolute Gasteiger partial charge is 0.485 e. The molecule has 0 atom stereocenters. The van der Waals surface area contributed by atoms with E-state index in [2.05, 4.69) is 32.2 Å². The molecule has 2 aliphatic rings. The van der Waals surface area contributed by atoms with E-state index in [0.29, 0.717) is 6.54 Å². The first-order valence-electron chi connectivity index (χ1n) is 7.89. The van der Waals surface area contributed by atoms with Gasteiger partial charge >= 0.3 is 0 Å². The molecule has 0 spiro atoms. The van der Waals surface area contributed by atoms with Crippen LogP contribution in [0.2, 0.25) is 0 Å². The predicted octanol–water partition coefficient (Wildman–Crippen LogP) is 1.33. The van der Waals surface area contributed by atoms with E-state index in [4.69, 9.17) is 4.74 Å². The summed E-state index contributed by atoms with van der Waals surface area (Å²) in [5, 5.41) is 3.05. The number of rotatable bonds is 3. The molecule has 21 heavy (non-hydrogen) atoms. The lowest BCUT2D eigenvalue weighted by Gasteiger charge is -2.18. The third-order valence-corrected chi connectivity index (χ3v) is 4.47. The standard InChI is InChI=1S/C17H24N2O2/c1-12-6-7-14(16-13(12)10-17(2,3)21-16)18-15(20)11-19-8-4-5-9-19/h6-7H,4-5,8-11H2,1-3H3,(H,18,20)/p+1. The first-order valence-corrected chi connectivity index (χ1v) is 7.89. The van der Waals surface area contributed by atoms with Gasteiger partial charge < -0.3 is 15.0 Å². The monoisotopic (exact) mass is 289 g/mol. The molecule has 1 fully saturated rings. The molecule has 0 radical (unpaired) electrons. The van der Waals surface area contributed by atoms with E-state index < -0.39 is 0 Å². The molecule has 1 saturated heterocycles. The summed E-state index contributed by atoms with van der Waals surface area (Å²) in [6.45, 7) is 9.07. The Morgan fingerprint density at radius 2 is 2.05 bits per heavy atom. The van der Waals surface area contributed by atoms with Crippen LogP contribution in [0.25, 0.3) is 0 Å². The van der Waals surface area contributed by atoms with Gasteiger partial charge in [0.25, 0.3) is 5.91 Å². The van der Waals surface area contributed by atoms with E-state index in [1.54, 1.807) is 0 Å². The van der Waals surface area contributed by atoms with Crippen molar-refractivity contribution in [1.82, 2.24) is 0 Å². The van der Waals surface area contributed by atoms with Gasteiger partial charge in [0.15, 0.2) is 6.54 Å². The summed E-state index contributed by atoms with van der Waals surface area (Å²) in [6.07, 6.45) is 3.37. The van der Waals surface area contributed by atoms with Gasteiger partial charge in [-0.25, -0.2) is 0 Å². The van der Waals surface area contributed by atoms with Crippen molar-refractivity contribution >= 4 is 11.6 Å². The predicted molar refractivity (Wildman–Crippen MR) is 83.0 cm³/mol. The number of hydrogen-bond acceptors (Lipinski definition) is 2. The molecule has 2 N–H and O–H groups in total. The molecule has 0 aliphatic carbocycles. The van der Waals surface area contributed by atoms with Crippen molar-refractivity contribution < 1.29 is 14.4 Å². The molecule has 2 aliphatic heterocycles. The topological polar surface area (TPSA) is 42.8 Å². The summed E-state index contributed by atoms with van der Waals surface area (Å²) in [7, 11) is 0. The minimum Gasteiger partial charge on any atom is -0.485 e. The van der Waals surface area contributed by atoms with E-state index in [0.717, 1.165) is 30.9 Å². The maximum Gasteiger partial charge on any atom is 0.279 e. The Bertz CT molecular complexity index is 560. The van der Waals surface area contributed by atoms with Crippen molar-refractivity contribution in [1.29, 1.82) is 0 Å². The number of carbonyl (C=O) groups is 1. The Kier molecular flexibility index (Phi) is 3.66. The lowest BCUT2D eigenvalue weighted by molar-refractivity contribution is -0.878. The van der Waals surface area contributed by atoms with Crippen LogP contribution >= 0.6 is 0 Å². The van der Waals surface area contributed by atoms with Crippen LogP contribution in [-0.4, -0.2) is 31.1 Å². The summed E-state index contributed by atoms with van der Waals surface area (Å²) in [4.78, 5) is 13.6. The number of carbonyl (C=O) groups excluding carboxylic acids is 1. The fourth-order valence-electron chi connectivity index (χ4n) is 3.37. The number of aryl methyl sites for hydroxylation is 1. The van der Waals surface area contributed by atoms with Gasteiger partial charge in [0, 0.05) is 24.8 Å². The number of amides is 1. The Morgan fingerprint density at radius 1 is 1.33 bits per heavy atom. The van der Waals surface area contributed by atoms with Crippen molar-refractivity contribution in [2.24, 2.45) is 0 Å². The molecule has 0 unspecified atom stereocenters. The number of ether oxygens (including phenoxy) is 1. The van der Waals surface area contributed by atoms with Crippen LogP contribution in [-0.2, 0) is 11.2 Å². The van der Waals surface area contributed by atoms with Gasteiger partial charge in [-0.05, 0) is 32.4 Å². The number of benzene rings is 1. The minimum atomic E-state index is -0.186. The van der Waals surface area contributed by atoms with Gasteiger partial charge in [-0.2, -0.15) is 0 Å². The highest BCUT2D eigenvalue weighted by molar-refractivity contribution is 5.93. The summed E-state index contributed by atoms with van der Waals surface area (Å²) >= 11 is 0. The molecule has 3 rings (SSSR count). The van der Waals surface area contributed by atoms with E-state index in [9.17, 15) is 4.79 Å².